The van der Waals surface area contributed by atoms with Crippen LogP contribution in [-0.2, 0) is 0 Å². The van der Waals surface area contributed by atoms with Gasteiger partial charge in [-0.25, -0.2) is 4.98 Å². The van der Waals surface area contributed by atoms with Crippen LogP contribution in [0.3, 0.4) is 0 Å². The normalized spacial score (nSPS) is 11.9. The summed E-state index contributed by atoms with van der Waals surface area (Å²) in [6.45, 7) is 0. The monoisotopic (exact) mass is 652 g/mol. The van der Waals surface area contributed by atoms with Crippen LogP contribution >= 0.6 is 0 Å². The molecule has 0 fully saturated rings. The molecule has 11 aromatic rings. The van der Waals surface area contributed by atoms with Crippen LogP contribution in [0, 0.1) is 0 Å². The van der Waals surface area contributed by atoms with Gasteiger partial charge in [-0.3, -0.25) is 0 Å². The van der Waals surface area contributed by atoms with Crippen molar-refractivity contribution in [1.29, 1.82) is 0 Å². The van der Waals surface area contributed by atoms with E-state index in [1.807, 2.05) is 34.8 Å². The summed E-state index contributed by atoms with van der Waals surface area (Å²) in [7, 11) is 0. The van der Waals surface area contributed by atoms with Crippen LogP contribution in [0.5, 0.6) is 0 Å². The van der Waals surface area contributed by atoms with Gasteiger partial charge >= 0.3 is 0 Å². The fraction of sp³-hybridized carbons (Fsp3) is 0. The van der Waals surface area contributed by atoms with Crippen molar-refractivity contribution in [3.05, 3.63) is 170 Å². The molecular weight excluding hydrogens is 625 g/mol. The molecular formula is C45H28N6. The summed E-state index contributed by atoms with van der Waals surface area (Å²) >= 11 is 0. The van der Waals surface area contributed by atoms with Crippen LogP contribution in [0.4, 0.5) is 0 Å². The van der Waals surface area contributed by atoms with Crippen molar-refractivity contribution in [2.75, 3.05) is 0 Å². The van der Waals surface area contributed by atoms with E-state index < -0.39 is 0 Å². The van der Waals surface area contributed by atoms with E-state index in [0.717, 1.165) is 50.1 Å². The first-order valence-corrected chi connectivity index (χ1v) is 17.1. The predicted octanol–water partition coefficient (Wildman–Crippen LogP) is 10.8. The molecule has 4 aromatic heterocycles. The van der Waals surface area contributed by atoms with E-state index in [1.54, 1.807) is 0 Å². The highest BCUT2D eigenvalue weighted by Gasteiger charge is 2.23. The van der Waals surface area contributed by atoms with E-state index in [0.29, 0.717) is 11.6 Å². The first-order valence-electron chi connectivity index (χ1n) is 17.1. The average molecular weight is 653 g/mol. The Labute approximate surface area is 292 Å². The molecule has 238 valence electrons. The molecule has 51 heavy (non-hydrogen) atoms. The van der Waals surface area contributed by atoms with Crippen molar-refractivity contribution < 1.29 is 0 Å². The number of aromatic nitrogens is 6. The lowest BCUT2D eigenvalue weighted by Gasteiger charge is -2.12. The summed E-state index contributed by atoms with van der Waals surface area (Å²) in [6, 6.07) is 59.6. The Balaban J connectivity index is 1.20. The minimum Gasteiger partial charge on any atom is -0.309 e. The number of hydrogen-bond acceptors (Lipinski definition) is 3. The van der Waals surface area contributed by atoms with Crippen molar-refractivity contribution in [3.63, 3.8) is 0 Å². The minimum atomic E-state index is 0.565. The average Bonchev–Trinajstić information content (AvgIpc) is 3.88. The Bertz CT molecular complexity index is 3130. The zero-order valence-electron chi connectivity index (χ0n) is 27.3. The Morgan fingerprint density at radius 3 is 1.67 bits per heavy atom. The van der Waals surface area contributed by atoms with Gasteiger partial charge in [-0.1, -0.05) is 115 Å². The molecule has 0 spiro atoms. The number of para-hydroxylation sites is 5. The molecule has 0 radical (unpaired) electrons. The Hall–Kier alpha value is -7.05. The van der Waals surface area contributed by atoms with Gasteiger partial charge in [0.25, 0.3) is 5.78 Å². The summed E-state index contributed by atoms with van der Waals surface area (Å²) in [5.41, 5.74) is 10.6. The van der Waals surface area contributed by atoms with E-state index in [1.165, 1.54) is 32.6 Å². The Morgan fingerprint density at radius 2 is 0.941 bits per heavy atom. The van der Waals surface area contributed by atoms with Gasteiger partial charge in [0.2, 0.25) is 0 Å². The molecule has 4 heterocycles. The highest BCUT2D eigenvalue weighted by molar-refractivity contribution is 6.29. The van der Waals surface area contributed by atoms with Gasteiger partial charge in [-0.2, -0.15) is 9.50 Å². The molecule has 0 aliphatic carbocycles. The molecule has 0 aliphatic heterocycles. The molecule has 0 atom stereocenters. The molecule has 0 unspecified atom stereocenters. The lowest BCUT2D eigenvalue weighted by atomic mass is 10.1. The highest BCUT2D eigenvalue weighted by Crippen LogP contribution is 2.43. The van der Waals surface area contributed by atoms with Gasteiger partial charge in [-0.05, 0) is 54.6 Å². The second-order valence-corrected chi connectivity index (χ2v) is 12.9. The van der Waals surface area contributed by atoms with Gasteiger partial charge < -0.3 is 9.13 Å². The second-order valence-electron chi connectivity index (χ2n) is 12.9. The summed E-state index contributed by atoms with van der Waals surface area (Å²) in [5.74, 6) is 1.19. The minimum absolute atomic E-state index is 0.565. The van der Waals surface area contributed by atoms with Crippen molar-refractivity contribution in [1.82, 2.24) is 28.7 Å². The maximum Gasteiger partial charge on any atom is 0.253 e. The number of hydrogen-bond donors (Lipinski definition) is 0. The third-order valence-electron chi connectivity index (χ3n) is 10.1. The molecule has 0 aliphatic rings. The van der Waals surface area contributed by atoms with Gasteiger partial charge in [0.15, 0.2) is 5.82 Å². The fourth-order valence-electron chi connectivity index (χ4n) is 7.98. The van der Waals surface area contributed by atoms with Gasteiger partial charge in [0.05, 0.1) is 39.0 Å². The Kier molecular flexibility index (Phi) is 5.86. The molecule has 0 amide bonds. The van der Waals surface area contributed by atoms with Crippen LogP contribution in [0.2, 0.25) is 0 Å². The van der Waals surface area contributed by atoms with Crippen LogP contribution in [0.15, 0.2) is 170 Å². The van der Waals surface area contributed by atoms with Crippen LogP contribution in [0.25, 0.3) is 94.3 Å². The molecule has 6 nitrogen and oxygen atoms in total. The standard InChI is InChI=1S/C45H28N6/c1-3-15-29(16-4-1)43-33-21-9-14-26-38(33)51-45(46-43)47-44(48-51)34-22-10-13-25-37(34)50-36-24-12-8-20-32(36)42-40(50)28-27-39-41(42)31-19-7-11-23-35(31)49(39)30-17-5-2-6-18-30/h1-28H. The van der Waals surface area contributed by atoms with Crippen LogP contribution in [-0.4, -0.2) is 28.7 Å². The van der Waals surface area contributed by atoms with Crippen molar-refractivity contribution in [2.45, 2.75) is 0 Å². The number of benzene rings is 7. The van der Waals surface area contributed by atoms with E-state index in [-0.39, 0.29) is 0 Å². The fourth-order valence-corrected chi connectivity index (χ4v) is 7.98. The largest absolute Gasteiger partial charge is 0.309 e. The van der Waals surface area contributed by atoms with Gasteiger partial charge in [0.1, 0.15) is 0 Å². The third kappa shape index (κ3) is 4.01. The number of rotatable bonds is 4. The predicted molar refractivity (Wildman–Crippen MR) is 208 cm³/mol. The quantitative estimate of drug-likeness (QED) is 0.190. The second kappa shape index (κ2) is 10.7. The molecule has 6 heteroatoms. The molecule has 0 saturated heterocycles. The maximum absolute atomic E-state index is 5.13. The van der Waals surface area contributed by atoms with E-state index >= 15 is 0 Å². The van der Waals surface area contributed by atoms with Crippen molar-refractivity contribution >= 4 is 60.3 Å². The van der Waals surface area contributed by atoms with E-state index in [2.05, 4.69) is 149 Å². The van der Waals surface area contributed by atoms with Crippen LogP contribution < -0.4 is 0 Å². The summed E-state index contributed by atoms with van der Waals surface area (Å²) < 4.78 is 6.63. The topological polar surface area (TPSA) is 52.9 Å². The summed E-state index contributed by atoms with van der Waals surface area (Å²) in [6.07, 6.45) is 0. The van der Waals surface area contributed by atoms with E-state index in [4.69, 9.17) is 15.1 Å². The van der Waals surface area contributed by atoms with Crippen molar-refractivity contribution in [2.24, 2.45) is 0 Å². The molecule has 11 rings (SSSR count). The highest BCUT2D eigenvalue weighted by atomic mass is 15.3. The van der Waals surface area contributed by atoms with Crippen LogP contribution in [0.1, 0.15) is 0 Å². The van der Waals surface area contributed by atoms with Gasteiger partial charge in [0, 0.05) is 43.7 Å². The summed E-state index contributed by atoms with van der Waals surface area (Å²) in [4.78, 5) is 10.2. The maximum atomic E-state index is 5.13. The molecule has 0 N–H and O–H groups in total. The lowest BCUT2D eigenvalue weighted by Crippen LogP contribution is -1.98. The molecule has 7 aromatic carbocycles. The lowest BCUT2D eigenvalue weighted by molar-refractivity contribution is 0.987. The zero-order valence-corrected chi connectivity index (χ0v) is 27.3. The zero-order chi connectivity index (χ0) is 33.5. The first-order chi connectivity index (χ1) is 25.3. The summed E-state index contributed by atoms with van der Waals surface area (Å²) in [5, 5.41) is 11.1. The van der Waals surface area contributed by atoms with E-state index in [9.17, 15) is 0 Å². The smallest absolute Gasteiger partial charge is 0.253 e. The molecule has 0 saturated carbocycles. The van der Waals surface area contributed by atoms with Gasteiger partial charge in [-0.15, -0.1) is 5.10 Å². The first kappa shape index (κ1) is 27.9. The SMILES string of the molecule is c1ccc(-c2nc3nc(-c4ccccc4-n4c5ccccc5c5c6c7ccccc7n(-c7ccccc7)c6ccc54)nn3c3ccccc23)cc1. The van der Waals surface area contributed by atoms with Crippen molar-refractivity contribution in [3.8, 4) is 34.0 Å². The number of fused-ring (bicyclic) bond motifs is 10. The number of nitrogens with zero attached hydrogens (tertiary/aromatic N) is 6. The third-order valence-corrected chi connectivity index (χ3v) is 10.1. The Morgan fingerprint density at radius 1 is 0.392 bits per heavy atom. The molecule has 0 bridgehead atoms.